The summed E-state index contributed by atoms with van der Waals surface area (Å²) in [5.74, 6) is 0.246. The molecule has 0 aromatic rings. The van der Waals surface area contributed by atoms with E-state index in [1.807, 2.05) is 12.3 Å². The van der Waals surface area contributed by atoms with Crippen molar-refractivity contribution in [2.75, 3.05) is 0 Å². The largest absolute Gasteiger partial charge is 0.298 e. The summed E-state index contributed by atoms with van der Waals surface area (Å²) < 4.78 is -0.396. The molecule has 2 nitrogen and oxygen atoms in total. The van der Waals surface area contributed by atoms with Crippen LogP contribution in [0.15, 0.2) is 0 Å². The van der Waals surface area contributed by atoms with E-state index in [2.05, 4.69) is 0 Å². The Morgan fingerprint density at radius 1 is 1.64 bits per heavy atom. The second kappa shape index (κ2) is 3.27. The minimum absolute atomic E-state index is 0.246. The number of ketones is 1. The van der Waals surface area contributed by atoms with E-state index in [4.69, 9.17) is 5.26 Å². The van der Waals surface area contributed by atoms with Crippen molar-refractivity contribution in [3.05, 3.63) is 0 Å². The highest BCUT2D eigenvalue weighted by atomic mass is 32.2. The molecule has 1 atom stereocenters. The molecule has 0 radical (unpaired) electrons. The van der Waals surface area contributed by atoms with E-state index in [0.29, 0.717) is 6.42 Å². The monoisotopic (exact) mass is 169 g/mol. The van der Waals surface area contributed by atoms with Crippen molar-refractivity contribution < 1.29 is 4.79 Å². The van der Waals surface area contributed by atoms with Crippen molar-refractivity contribution in [3.63, 3.8) is 0 Å². The van der Waals surface area contributed by atoms with Crippen molar-refractivity contribution in [3.8, 4) is 5.40 Å². The molecule has 60 valence electrons. The van der Waals surface area contributed by atoms with E-state index >= 15 is 0 Å². The molecule has 0 amide bonds. The summed E-state index contributed by atoms with van der Waals surface area (Å²) in [4.78, 5) is 11.3. The van der Waals surface area contributed by atoms with Crippen molar-refractivity contribution in [2.24, 2.45) is 0 Å². The van der Waals surface area contributed by atoms with Crippen LogP contribution in [0.25, 0.3) is 0 Å². The van der Waals surface area contributed by atoms with Crippen molar-refractivity contribution >= 4 is 17.5 Å². The maximum atomic E-state index is 11.3. The van der Waals surface area contributed by atoms with Gasteiger partial charge in [0.2, 0.25) is 0 Å². The fraction of sp³-hybridized carbons (Fsp3) is 0.750. The van der Waals surface area contributed by atoms with Gasteiger partial charge in [-0.25, -0.2) is 0 Å². The summed E-state index contributed by atoms with van der Waals surface area (Å²) in [6.07, 6.45) is 3.60. The lowest BCUT2D eigenvalue weighted by atomic mass is 9.89. The Labute approximate surface area is 71.0 Å². The molecule has 0 bridgehead atoms. The molecule has 1 aliphatic rings. The standard InChI is InChI=1S/C8H11NOS/c1-8(11-6-9)5-3-2-4-7(8)10/h2-5H2,1H3. The lowest BCUT2D eigenvalue weighted by Gasteiger charge is -2.27. The number of hydrogen-bond donors (Lipinski definition) is 0. The Morgan fingerprint density at radius 2 is 2.36 bits per heavy atom. The van der Waals surface area contributed by atoms with Gasteiger partial charge < -0.3 is 0 Å². The predicted molar refractivity (Wildman–Crippen MR) is 45.1 cm³/mol. The van der Waals surface area contributed by atoms with Crippen LogP contribution in [-0.2, 0) is 4.79 Å². The van der Waals surface area contributed by atoms with Crippen molar-refractivity contribution in [1.29, 1.82) is 5.26 Å². The third-order valence-electron chi connectivity index (χ3n) is 2.17. The Kier molecular flexibility index (Phi) is 2.56. The molecule has 0 aromatic heterocycles. The van der Waals surface area contributed by atoms with Gasteiger partial charge in [-0.1, -0.05) is 6.42 Å². The van der Waals surface area contributed by atoms with Gasteiger partial charge in [0, 0.05) is 6.42 Å². The van der Waals surface area contributed by atoms with Crippen LogP contribution in [0, 0.1) is 10.7 Å². The Balaban J connectivity index is 2.66. The fourth-order valence-corrected chi connectivity index (χ4v) is 2.02. The second-order valence-corrected chi connectivity index (χ2v) is 4.34. The SMILES string of the molecule is CC1(SC#N)CCCCC1=O. The smallest absolute Gasteiger partial charge is 0.149 e. The number of rotatable bonds is 1. The van der Waals surface area contributed by atoms with Gasteiger partial charge in [0.15, 0.2) is 0 Å². The number of carbonyl (C=O) groups excluding carboxylic acids is 1. The zero-order valence-corrected chi connectivity index (χ0v) is 7.41. The summed E-state index contributed by atoms with van der Waals surface area (Å²) in [6.45, 7) is 1.88. The Morgan fingerprint density at radius 3 is 2.91 bits per heavy atom. The third-order valence-corrected chi connectivity index (χ3v) is 3.14. The molecule has 0 spiro atoms. The topological polar surface area (TPSA) is 40.9 Å². The Bertz CT molecular complexity index is 209. The zero-order chi connectivity index (χ0) is 8.32. The van der Waals surface area contributed by atoms with Crippen molar-refractivity contribution in [2.45, 2.75) is 37.4 Å². The summed E-state index contributed by atoms with van der Waals surface area (Å²) >= 11 is 1.12. The first-order valence-electron chi connectivity index (χ1n) is 3.79. The normalized spacial score (nSPS) is 31.5. The fourth-order valence-electron chi connectivity index (χ4n) is 1.36. The number of Topliss-reactive ketones (excluding diaryl/α,β-unsaturated/α-hetero) is 1. The van der Waals surface area contributed by atoms with Gasteiger partial charge >= 0.3 is 0 Å². The van der Waals surface area contributed by atoms with Gasteiger partial charge in [0.05, 0.1) is 4.75 Å². The highest BCUT2D eigenvalue weighted by molar-refractivity contribution is 8.05. The number of nitrogens with zero attached hydrogens (tertiary/aromatic N) is 1. The minimum Gasteiger partial charge on any atom is -0.298 e. The highest BCUT2D eigenvalue weighted by Gasteiger charge is 2.35. The summed E-state index contributed by atoms with van der Waals surface area (Å²) in [6, 6.07) is 0. The first-order chi connectivity index (χ1) is 5.19. The maximum absolute atomic E-state index is 11.3. The average molecular weight is 169 g/mol. The maximum Gasteiger partial charge on any atom is 0.149 e. The molecular formula is C8H11NOS. The molecule has 0 N–H and O–H groups in total. The number of nitriles is 1. The summed E-state index contributed by atoms with van der Waals surface area (Å²) in [5.41, 5.74) is 0. The molecule has 1 aliphatic carbocycles. The lowest BCUT2D eigenvalue weighted by molar-refractivity contribution is -0.122. The third kappa shape index (κ3) is 1.75. The first kappa shape index (κ1) is 8.61. The van der Waals surface area contributed by atoms with Crippen LogP contribution in [0.5, 0.6) is 0 Å². The molecule has 0 saturated heterocycles. The number of hydrogen-bond acceptors (Lipinski definition) is 3. The van der Waals surface area contributed by atoms with Gasteiger partial charge in [-0.3, -0.25) is 4.79 Å². The molecule has 11 heavy (non-hydrogen) atoms. The second-order valence-electron chi connectivity index (χ2n) is 3.05. The number of thioether (sulfide) groups is 1. The van der Waals surface area contributed by atoms with E-state index in [1.54, 1.807) is 0 Å². The zero-order valence-electron chi connectivity index (χ0n) is 6.59. The lowest BCUT2D eigenvalue weighted by Crippen LogP contribution is -2.34. The average Bonchev–Trinajstić information content (AvgIpc) is 1.96. The molecule has 0 aromatic carbocycles. The van der Waals surface area contributed by atoms with Crippen LogP contribution >= 0.6 is 11.8 Å². The molecule has 3 heteroatoms. The molecule has 0 aliphatic heterocycles. The molecule has 1 rings (SSSR count). The van der Waals surface area contributed by atoms with Crippen molar-refractivity contribution in [1.82, 2.24) is 0 Å². The van der Waals surface area contributed by atoms with Gasteiger partial charge in [-0.15, -0.1) is 0 Å². The van der Waals surface area contributed by atoms with Crippen LogP contribution in [0.3, 0.4) is 0 Å². The number of carbonyl (C=O) groups is 1. The molecule has 1 fully saturated rings. The van der Waals surface area contributed by atoms with Crippen LogP contribution in [0.2, 0.25) is 0 Å². The molecular weight excluding hydrogens is 158 g/mol. The predicted octanol–water partition coefficient (Wildman–Crippen LogP) is 2.10. The summed E-state index contributed by atoms with van der Waals surface area (Å²) in [7, 11) is 0. The summed E-state index contributed by atoms with van der Waals surface area (Å²) in [5, 5.41) is 10.5. The minimum atomic E-state index is -0.396. The first-order valence-corrected chi connectivity index (χ1v) is 4.61. The molecule has 1 unspecified atom stereocenters. The van der Waals surface area contributed by atoms with E-state index < -0.39 is 4.75 Å². The van der Waals surface area contributed by atoms with Crippen LogP contribution in [0.1, 0.15) is 32.6 Å². The van der Waals surface area contributed by atoms with Crippen LogP contribution < -0.4 is 0 Å². The highest BCUT2D eigenvalue weighted by Crippen LogP contribution is 2.35. The van der Waals surface area contributed by atoms with Gasteiger partial charge in [0.25, 0.3) is 0 Å². The van der Waals surface area contributed by atoms with Gasteiger partial charge in [-0.2, -0.15) is 5.26 Å². The van der Waals surface area contributed by atoms with E-state index in [-0.39, 0.29) is 5.78 Å². The quantitative estimate of drug-likeness (QED) is 0.564. The Hall–Kier alpha value is -0.490. The molecule has 1 saturated carbocycles. The van der Waals surface area contributed by atoms with Crippen LogP contribution in [-0.4, -0.2) is 10.5 Å². The van der Waals surface area contributed by atoms with Crippen LogP contribution in [0.4, 0.5) is 0 Å². The van der Waals surface area contributed by atoms with E-state index in [0.717, 1.165) is 31.0 Å². The van der Waals surface area contributed by atoms with Gasteiger partial charge in [0.1, 0.15) is 11.2 Å². The number of thiocyanates is 1. The van der Waals surface area contributed by atoms with E-state index in [1.165, 1.54) is 0 Å². The van der Waals surface area contributed by atoms with E-state index in [9.17, 15) is 4.79 Å². The molecule has 0 heterocycles. The van der Waals surface area contributed by atoms with Gasteiger partial charge in [-0.05, 0) is 31.5 Å².